The molecule has 8 fully saturated rings. The van der Waals surface area contributed by atoms with Gasteiger partial charge in [0, 0.05) is 49.0 Å². The van der Waals surface area contributed by atoms with E-state index in [9.17, 15) is 9.59 Å². The van der Waals surface area contributed by atoms with E-state index < -0.39 is 0 Å². The van der Waals surface area contributed by atoms with Crippen molar-refractivity contribution in [2.24, 2.45) is 23.5 Å². The van der Waals surface area contributed by atoms with Crippen LogP contribution in [-0.4, -0.2) is 75.3 Å². The number of piperidine rings is 6. The van der Waals surface area contributed by atoms with Gasteiger partial charge in [0.1, 0.15) is 16.8 Å². The molecule has 10 heteroatoms. The highest BCUT2D eigenvalue weighted by atomic mass is 16.5. The first kappa shape index (κ1) is 30.7. The summed E-state index contributed by atoms with van der Waals surface area (Å²) in [5.74, 6) is 4.17. The maximum atomic E-state index is 12.9. The third-order valence-corrected chi connectivity index (χ3v) is 12.1. The van der Waals surface area contributed by atoms with Crippen molar-refractivity contribution in [1.29, 1.82) is 0 Å². The van der Waals surface area contributed by atoms with Crippen LogP contribution in [0.3, 0.4) is 0 Å². The van der Waals surface area contributed by atoms with Crippen molar-refractivity contribution in [1.82, 2.24) is 19.8 Å². The normalized spacial score (nSPS) is 30.0. The molecule has 4 bridgehead atoms. The summed E-state index contributed by atoms with van der Waals surface area (Å²) in [6, 6.07) is 11.2. The summed E-state index contributed by atoms with van der Waals surface area (Å²) in [5, 5.41) is 0. The fraction of sp³-hybridized carbons (Fsp3) is 0.568. The zero-order valence-corrected chi connectivity index (χ0v) is 27.5. The molecular weight excluding hydrogens is 594 g/mol. The second-order valence-electron chi connectivity index (χ2n) is 14.6. The van der Waals surface area contributed by atoms with E-state index in [0.29, 0.717) is 64.6 Å². The fourth-order valence-corrected chi connectivity index (χ4v) is 9.41. The lowest BCUT2D eigenvalue weighted by Gasteiger charge is -2.52. The molecule has 0 unspecified atom stereocenters. The van der Waals surface area contributed by atoms with Crippen molar-refractivity contribution >= 4 is 34.5 Å². The zero-order valence-electron chi connectivity index (χ0n) is 27.5. The Morgan fingerprint density at radius 2 is 1.40 bits per heavy atom. The molecule has 248 valence electrons. The Hall–Kier alpha value is -3.60. The largest absolute Gasteiger partial charge is 0.441 e. The Morgan fingerprint density at radius 3 is 1.96 bits per heavy atom. The average molecular weight is 640 g/mol. The number of aryl methyl sites for hydroxylation is 2. The van der Waals surface area contributed by atoms with Gasteiger partial charge in [0.15, 0.2) is 28.7 Å². The number of ketones is 1. The number of nitrogens with two attached hydrogens (primary N) is 1. The number of oxazole rings is 2. The summed E-state index contributed by atoms with van der Waals surface area (Å²) in [6.07, 6.45) is 11.3. The predicted molar refractivity (Wildman–Crippen MR) is 177 cm³/mol. The average Bonchev–Trinajstić information content (AvgIpc) is 3.98. The van der Waals surface area contributed by atoms with Crippen LogP contribution in [0.1, 0.15) is 79.9 Å². The van der Waals surface area contributed by atoms with Crippen molar-refractivity contribution in [3.63, 3.8) is 0 Å². The second-order valence-corrected chi connectivity index (χ2v) is 14.6. The van der Waals surface area contributed by atoms with E-state index in [1.54, 1.807) is 25.1 Å². The Morgan fingerprint density at radius 1 is 0.851 bits per heavy atom. The summed E-state index contributed by atoms with van der Waals surface area (Å²) in [7, 11) is 0. The van der Waals surface area contributed by atoms with E-state index in [0.717, 1.165) is 28.5 Å². The zero-order chi connectivity index (χ0) is 32.3. The SMILES string of the molecule is Cc1nc2cc(C(=O)C[C@@H]3C4CCN(CC4)C34CC4)ccc2o1.Cc1nc2cc(OC=O)ccc2o1.N[C@@H]1C2CCN(CC2)C12CC2. The number of fused-ring (bicyclic) bond motifs is 6. The number of benzene rings is 2. The van der Waals surface area contributed by atoms with E-state index in [-0.39, 0.29) is 5.78 Å². The van der Waals surface area contributed by atoms with Crippen molar-refractivity contribution < 1.29 is 23.2 Å². The monoisotopic (exact) mass is 639 g/mol. The molecule has 8 heterocycles. The topological polar surface area (TPSA) is 128 Å². The molecule has 8 aliphatic rings. The molecule has 12 rings (SSSR count). The van der Waals surface area contributed by atoms with Gasteiger partial charge in [-0.05, 0) is 126 Å². The maximum absolute atomic E-state index is 12.9. The standard InChI is InChI=1S/C19H22N2O2.C9H16N2.C9H7NO3/c1-12-20-16-10-14(2-3-18(16)23-12)17(22)11-15-13-4-8-21(9-5-13)19(15)6-7-19;10-8-7-1-5-11(6-2-7)9(8)3-4-9;1-6-10-8-4-7(12-5-11)2-3-9(8)13-6/h2-3,10,13,15H,4-9,11H2,1H3;7-8H,1-6,10H2;2-5H,1H3/t15-;8-;/m11./s1. The molecule has 0 amide bonds. The van der Waals surface area contributed by atoms with Gasteiger partial charge in [0.25, 0.3) is 6.47 Å². The lowest BCUT2D eigenvalue weighted by molar-refractivity contribution is -0.120. The van der Waals surface area contributed by atoms with Crippen LogP contribution in [0.25, 0.3) is 22.2 Å². The molecule has 2 aromatic heterocycles. The highest BCUT2D eigenvalue weighted by molar-refractivity contribution is 5.99. The second kappa shape index (κ2) is 11.8. The number of carbonyl (C=O) groups excluding carboxylic acids is 2. The summed E-state index contributed by atoms with van der Waals surface area (Å²) >= 11 is 0. The van der Waals surface area contributed by atoms with Gasteiger partial charge in [0.05, 0.1) is 0 Å². The van der Waals surface area contributed by atoms with Crippen molar-refractivity contribution in [2.45, 2.75) is 88.8 Å². The van der Waals surface area contributed by atoms with Crippen LogP contribution >= 0.6 is 0 Å². The first-order chi connectivity index (χ1) is 22.8. The third-order valence-electron chi connectivity index (χ3n) is 12.1. The molecule has 2 aliphatic carbocycles. The molecule has 6 saturated heterocycles. The molecule has 2 aromatic carbocycles. The van der Waals surface area contributed by atoms with Crippen LogP contribution in [0, 0.1) is 31.6 Å². The Kier molecular flexibility index (Phi) is 7.73. The van der Waals surface area contributed by atoms with Gasteiger partial charge in [-0.3, -0.25) is 19.4 Å². The molecule has 2 saturated carbocycles. The summed E-state index contributed by atoms with van der Waals surface area (Å²) < 4.78 is 15.4. The molecule has 2 atom stereocenters. The van der Waals surface area contributed by atoms with Crippen LogP contribution in [0.5, 0.6) is 5.75 Å². The van der Waals surface area contributed by atoms with Crippen LogP contribution in [0.2, 0.25) is 0 Å². The first-order valence-corrected chi connectivity index (χ1v) is 17.4. The van der Waals surface area contributed by atoms with Gasteiger partial charge in [-0.15, -0.1) is 0 Å². The van der Waals surface area contributed by atoms with E-state index >= 15 is 0 Å². The molecular formula is C37H45N5O5. The van der Waals surface area contributed by atoms with Gasteiger partial charge in [-0.2, -0.15) is 0 Å². The summed E-state index contributed by atoms with van der Waals surface area (Å²) in [4.78, 5) is 36.7. The number of hydrogen-bond donors (Lipinski definition) is 1. The van der Waals surface area contributed by atoms with E-state index in [4.69, 9.17) is 14.6 Å². The van der Waals surface area contributed by atoms with Crippen LogP contribution in [-0.2, 0) is 4.79 Å². The molecule has 4 aromatic rings. The molecule has 2 spiro atoms. The number of rotatable bonds is 5. The number of carbonyl (C=O) groups is 2. The van der Waals surface area contributed by atoms with E-state index in [2.05, 4.69) is 24.5 Å². The molecule has 47 heavy (non-hydrogen) atoms. The molecule has 6 aliphatic heterocycles. The maximum Gasteiger partial charge on any atom is 0.298 e. The van der Waals surface area contributed by atoms with Crippen molar-refractivity contribution in [3.05, 3.63) is 53.7 Å². The van der Waals surface area contributed by atoms with Crippen molar-refractivity contribution in [3.8, 4) is 5.75 Å². The molecule has 2 N–H and O–H groups in total. The predicted octanol–water partition coefficient (Wildman–Crippen LogP) is 5.83. The smallest absolute Gasteiger partial charge is 0.298 e. The number of aromatic nitrogens is 2. The lowest BCUT2D eigenvalue weighted by atomic mass is 9.69. The lowest BCUT2D eigenvalue weighted by Crippen LogP contribution is -2.63. The van der Waals surface area contributed by atoms with Gasteiger partial charge in [-0.25, -0.2) is 9.97 Å². The number of hydrogen-bond acceptors (Lipinski definition) is 10. The Labute approximate surface area is 275 Å². The van der Waals surface area contributed by atoms with Crippen LogP contribution in [0.4, 0.5) is 0 Å². The molecule has 10 nitrogen and oxygen atoms in total. The summed E-state index contributed by atoms with van der Waals surface area (Å²) in [6.45, 7) is 9.15. The van der Waals surface area contributed by atoms with Gasteiger partial charge in [0.2, 0.25) is 0 Å². The quantitative estimate of drug-likeness (QED) is 0.211. The van der Waals surface area contributed by atoms with Gasteiger partial charge in [-0.1, -0.05) is 0 Å². The minimum absolute atomic E-state index is 0.276. The first-order valence-electron chi connectivity index (χ1n) is 17.4. The Bertz CT molecular complexity index is 1790. The van der Waals surface area contributed by atoms with Gasteiger partial charge < -0.3 is 19.3 Å². The Balaban J connectivity index is 0.000000114. The third kappa shape index (κ3) is 5.58. The van der Waals surface area contributed by atoms with Crippen LogP contribution in [0.15, 0.2) is 45.2 Å². The number of Topliss-reactive ketones (excluding diaryl/α,β-unsaturated/α-hetero) is 1. The molecule has 0 radical (unpaired) electrons. The minimum atomic E-state index is 0.276. The van der Waals surface area contributed by atoms with E-state index in [1.165, 1.54) is 77.5 Å². The highest BCUT2D eigenvalue weighted by Gasteiger charge is 2.60. The van der Waals surface area contributed by atoms with Crippen LogP contribution < -0.4 is 10.5 Å². The van der Waals surface area contributed by atoms with E-state index in [1.807, 2.05) is 25.1 Å². The number of ether oxygens (including phenoxy) is 1. The fourth-order valence-electron chi connectivity index (χ4n) is 9.41. The minimum Gasteiger partial charge on any atom is -0.441 e. The highest BCUT2D eigenvalue weighted by Crippen LogP contribution is 2.58. The van der Waals surface area contributed by atoms with Crippen molar-refractivity contribution in [2.75, 3.05) is 26.2 Å². The van der Waals surface area contributed by atoms with Gasteiger partial charge >= 0.3 is 0 Å². The number of nitrogens with zero attached hydrogens (tertiary/aromatic N) is 4. The summed E-state index contributed by atoms with van der Waals surface area (Å²) in [5.41, 5.74) is 10.8.